The SMILES string of the molecule is CCN1C(=O)C(=O)C(C(=O)c2ccccc2)=C1c1ccccc1. The monoisotopic (exact) mass is 305 g/mol. The number of hydrogen-bond donors (Lipinski definition) is 0. The maximum atomic E-state index is 12.8. The molecule has 4 heteroatoms. The maximum Gasteiger partial charge on any atom is 0.299 e. The van der Waals surface area contributed by atoms with Crippen molar-refractivity contribution in [3.8, 4) is 0 Å². The molecule has 2 aromatic carbocycles. The molecule has 1 amide bonds. The van der Waals surface area contributed by atoms with Crippen LogP contribution in [-0.4, -0.2) is 28.9 Å². The predicted molar refractivity (Wildman–Crippen MR) is 86.5 cm³/mol. The lowest BCUT2D eigenvalue weighted by atomic mass is 9.97. The molecule has 114 valence electrons. The van der Waals surface area contributed by atoms with Crippen LogP contribution in [0.15, 0.2) is 66.2 Å². The van der Waals surface area contributed by atoms with Gasteiger partial charge in [0, 0.05) is 12.1 Å². The molecule has 3 rings (SSSR count). The summed E-state index contributed by atoms with van der Waals surface area (Å²) in [6.07, 6.45) is 0. The first-order valence-corrected chi connectivity index (χ1v) is 7.40. The van der Waals surface area contributed by atoms with Gasteiger partial charge in [-0.05, 0) is 12.5 Å². The number of ketones is 2. The summed E-state index contributed by atoms with van der Waals surface area (Å²) in [4.78, 5) is 38.8. The number of amides is 1. The minimum Gasteiger partial charge on any atom is -0.304 e. The first-order chi connectivity index (χ1) is 11.1. The molecule has 0 unspecified atom stereocenters. The van der Waals surface area contributed by atoms with Crippen LogP contribution >= 0.6 is 0 Å². The molecule has 0 saturated heterocycles. The van der Waals surface area contributed by atoms with E-state index in [0.29, 0.717) is 23.4 Å². The average molecular weight is 305 g/mol. The molecule has 0 bridgehead atoms. The van der Waals surface area contributed by atoms with Gasteiger partial charge in [0.25, 0.3) is 11.7 Å². The van der Waals surface area contributed by atoms with Crippen LogP contribution in [0.3, 0.4) is 0 Å². The Morgan fingerprint density at radius 2 is 1.48 bits per heavy atom. The fourth-order valence-electron chi connectivity index (χ4n) is 2.72. The van der Waals surface area contributed by atoms with Crippen LogP contribution < -0.4 is 0 Å². The van der Waals surface area contributed by atoms with Crippen molar-refractivity contribution in [3.05, 3.63) is 77.4 Å². The Bertz CT molecular complexity index is 807. The summed E-state index contributed by atoms with van der Waals surface area (Å²) in [5.41, 5.74) is 1.44. The largest absolute Gasteiger partial charge is 0.304 e. The second-order valence-corrected chi connectivity index (χ2v) is 5.16. The quantitative estimate of drug-likeness (QED) is 0.496. The number of hydrogen-bond acceptors (Lipinski definition) is 3. The van der Waals surface area contributed by atoms with Crippen LogP contribution in [0.1, 0.15) is 22.8 Å². The van der Waals surface area contributed by atoms with Gasteiger partial charge in [-0.3, -0.25) is 14.4 Å². The van der Waals surface area contributed by atoms with Crippen molar-refractivity contribution in [2.45, 2.75) is 6.92 Å². The molecule has 0 aromatic heterocycles. The number of likely N-dealkylation sites (N-methyl/N-ethyl adjacent to an activating group) is 1. The molecule has 0 aliphatic carbocycles. The summed E-state index contributed by atoms with van der Waals surface area (Å²) in [6.45, 7) is 2.12. The summed E-state index contributed by atoms with van der Waals surface area (Å²) in [5, 5.41) is 0. The Balaban J connectivity index is 2.21. The third-order valence-electron chi connectivity index (χ3n) is 3.80. The highest BCUT2D eigenvalue weighted by molar-refractivity contribution is 6.56. The highest BCUT2D eigenvalue weighted by Gasteiger charge is 2.41. The van der Waals surface area contributed by atoms with Crippen molar-refractivity contribution in [2.24, 2.45) is 0 Å². The van der Waals surface area contributed by atoms with Gasteiger partial charge in [0.15, 0.2) is 5.78 Å². The summed E-state index contributed by atoms with van der Waals surface area (Å²) in [7, 11) is 0. The minimum absolute atomic E-state index is 0.0470. The van der Waals surface area contributed by atoms with E-state index in [1.54, 1.807) is 49.4 Å². The van der Waals surface area contributed by atoms with Crippen molar-refractivity contribution in [2.75, 3.05) is 6.54 Å². The highest BCUT2D eigenvalue weighted by Crippen LogP contribution is 2.32. The zero-order chi connectivity index (χ0) is 16.4. The van der Waals surface area contributed by atoms with E-state index < -0.39 is 17.5 Å². The lowest BCUT2D eigenvalue weighted by molar-refractivity contribution is -0.138. The summed E-state index contributed by atoms with van der Waals surface area (Å²) in [6, 6.07) is 17.6. The normalized spacial score (nSPS) is 14.6. The van der Waals surface area contributed by atoms with Crippen molar-refractivity contribution in [3.63, 3.8) is 0 Å². The van der Waals surface area contributed by atoms with Gasteiger partial charge in [0.05, 0.1) is 5.70 Å². The Kier molecular flexibility index (Phi) is 3.89. The molecule has 0 radical (unpaired) electrons. The first kappa shape index (κ1) is 14.9. The maximum absolute atomic E-state index is 12.8. The molecule has 4 nitrogen and oxygen atoms in total. The second kappa shape index (κ2) is 6.01. The first-order valence-electron chi connectivity index (χ1n) is 7.40. The van der Waals surface area contributed by atoms with Crippen LogP contribution in [0.4, 0.5) is 0 Å². The molecule has 0 fully saturated rings. The van der Waals surface area contributed by atoms with Gasteiger partial charge in [-0.2, -0.15) is 0 Å². The van der Waals surface area contributed by atoms with E-state index in [1.807, 2.05) is 18.2 Å². The van der Waals surface area contributed by atoms with Gasteiger partial charge in [-0.15, -0.1) is 0 Å². The van der Waals surface area contributed by atoms with Crippen molar-refractivity contribution < 1.29 is 14.4 Å². The topological polar surface area (TPSA) is 54.5 Å². The van der Waals surface area contributed by atoms with E-state index in [0.717, 1.165) is 0 Å². The van der Waals surface area contributed by atoms with Gasteiger partial charge >= 0.3 is 0 Å². The minimum atomic E-state index is -0.737. The molecule has 0 N–H and O–H groups in total. The van der Waals surface area contributed by atoms with Gasteiger partial charge in [-0.25, -0.2) is 0 Å². The van der Waals surface area contributed by atoms with E-state index in [2.05, 4.69) is 0 Å². The van der Waals surface area contributed by atoms with E-state index in [4.69, 9.17) is 0 Å². The third-order valence-corrected chi connectivity index (χ3v) is 3.80. The van der Waals surface area contributed by atoms with Crippen LogP contribution in [0.2, 0.25) is 0 Å². The molecule has 1 aliphatic rings. The van der Waals surface area contributed by atoms with Crippen LogP contribution in [0.5, 0.6) is 0 Å². The zero-order valence-electron chi connectivity index (χ0n) is 12.7. The van der Waals surface area contributed by atoms with Crippen molar-refractivity contribution in [1.82, 2.24) is 4.90 Å². The van der Waals surface area contributed by atoms with Gasteiger partial charge in [-0.1, -0.05) is 60.7 Å². The Morgan fingerprint density at radius 1 is 0.913 bits per heavy atom. The summed E-state index contributed by atoms with van der Waals surface area (Å²) in [5.74, 6) is -1.80. The molecule has 23 heavy (non-hydrogen) atoms. The lowest BCUT2D eigenvalue weighted by Gasteiger charge is -2.17. The van der Waals surface area contributed by atoms with E-state index in [1.165, 1.54) is 4.90 Å². The lowest BCUT2D eigenvalue weighted by Crippen LogP contribution is -2.28. The number of rotatable bonds is 4. The molecular weight excluding hydrogens is 290 g/mol. The summed E-state index contributed by atoms with van der Waals surface area (Å²) < 4.78 is 0. The third kappa shape index (κ3) is 2.48. The highest BCUT2D eigenvalue weighted by atomic mass is 16.2. The predicted octanol–water partition coefficient (Wildman–Crippen LogP) is 2.71. The molecule has 0 atom stereocenters. The molecule has 0 spiro atoms. The Morgan fingerprint density at radius 3 is 2.04 bits per heavy atom. The standard InChI is InChI=1S/C19H15NO3/c1-2-20-16(13-9-5-3-6-10-13)15(18(22)19(20)23)17(21)14-11-7-4-8-12-14/h3-12H,2H2,1H3. The Labute approximate surface area is 134 Å². The van der Waals surface area contributed by atoms with Crippen LogP contribution in [0.25, 0.3) is 5.70 Å². The molecule has 1 heterocycles. The fourth-order valence-corrected chi connectivity index (χ4v) is 2.72. The fraction of sp³-hybridized carbons (Fsp3) is 0.105. The van der Waals surface area contributed by atoms with Crippen LogP contribution in [-0.2, 0) is 9.59 Å². The van der Waals surface area contributed by atoms with Gasteiger partial charge in [0.2, 0.25) is 0 Å². The van der Waals surface area contributed by atoms with Crippen molar-refractivity contribution >= 4 is 23.2 Å². The summed E-state index contributed by atoms with van der Waals surface area (Å²) >= 11 is 0. The molecule has 0 saturated carbocycles. The molecule has 2 aromatic rings. The zero-order valence-corrected chi connectivity index (χ0v) is 12.7. The number of carbonyl (C=O) groups is 3. The average Bonchev–Trinajstić information content (AvgIpc) is 2.87. The van der Waals surface area contributed by atoms with Crippen molar-refractivity contribution in [1.29, 1.82) is 0 Å². The number of carbonyl (C=O) groups excluding carboxylic acids is 3. The van der Waals surface area contributed by atoms with E-state index >= 15 is 0 Å². The smallest absolute Gasteiger partial charge is 0.299 e. The number of Topliss-reactive ketones (excluding diaryl/α,β-unsaturated/α-hetero) is 2. The van der Waals surface area contributed by atoms with Gasteiger partial charge < -0.3 is 4.90 Å². The van der Waals surface area contributed by atoms with Gasteiger partial charge in [0.1, 0.15) is 5.57 Å². The van der Waals surface area contributed by atoms with E-state index in [9.17, 15) is 14.4 Å². The van der Waals surface area contributed by atoms with Crippen LogP contribution in [0, 0.1) is 0 Å². The Hall–Kier alpha value is -3.01. The number of benzene rings is 2. The second-order valence-electron chi connectivity index (χ2n) is 5.16. The van der Waals surface area contributed by atoms with E-state index in [-0.39, 0.29) is 5.57 Å². The molecule has 1 aliphatic heterocycles. The number of nitrogens with zero attached hydrogens (tertiary/aromatic N) is 1. The molecular formula is C19H15NO3.